The van der Waals surface area contributed by atoms with Crippen LogP contribution in [0.2, 0.25) is 5.28 Å². The first-order chi connectivity index (χ1) is 9.08. The third-order valence-corrected chi connectivity index (χ3v) is 2.30. The van der Waals surface area contributed by atoms with Gasteiger partial charge in [0.15, 0.2) is 0 Å². The van der Waals surface area contributed by atoms with E-state index in [-0.39, 0.29) is 22.4 Å². The molecule has 1 N–H and O–H groups in total. The van der Waals surface area contributed by atoms with Crippen molar-refractivity contribution in [3.8, 4) is 6.07 Å². The minimum Gasteiger partial charge on any atom is -0.321 e. The number of carbonyl (C=O) groups excluding carboxylic acids is 1. The van der Waals surface area contributed by atoms with Crippen LogP contribution in [-0.2, 0) is 0 Å². The lowest BCUT2D eigenvalue weighted by Gasteiger charge is -2.04. The molecule has 0 atom stereocenters. The molecule has 2 rings (SSSR count). The summed E-state index contributed by atoms with van der Waals surface area (Å²) in [6, 6.07) is 8.35. The van der Waals surface area contributed by atoms with Crippen LogP contribution in [0.5, 0.6) is 0 Å². The average Bonchev–Trinajstić information content (AvgIpc) is 2.38. The molecule has 0 unspecified atom stereocenters. The number of nitriles is 1. The summed E-state index contributed by atoms with van der Waals surface area (Å²) in [6.07, 6.45) is 0. The van der Waals surface area contributed by atoms with Gasteiger partial charge in [-0.1, -0.05) is 6.07 Å². The van der Waals surface area contributed by atoms with E-state index >= 15 is 0 Å². The Bertz CT molecular complexity index is 684. The molecular weight excluding hydrogens is 271 g/mol. The molecule has 0 fully saturated rings. The maximum Gasteiger partial charge on any atom is 0.274 e. The van der Waals surface area contributed by atoms with Gasteiger partial charge < -0.3 is 5.32 Å². The molecule has 1 amide bonds. The number of halogens is 2. The third-order valence-electron chi connectivity index (χ3n) is 2.13. The second-order valence-corrected chi connectivity index (χ2v) is 3.82. The van der Waals surface area contributed by atoms with Crippen molar-refractivity contribution in [2.75, 3.05) is 5.32 Å². The van der Waals surface area contributed by atoms with Gasteiger partial charge in [-0.2, -0.15) is 5.26 Å². The minimum absolute atomic E-state index is 0.0237. The van der Waals surface area contributed by atoms with E-state index in [4.69, 9.17) is 16.9 Å². The van der Waals surface area contributed by atoms with Crippen molar-refractivity contribution in [1.82, 2.24) is 9.97 Å². The predicted octanol–water partition coefficient (Wildman–Crippen LogP) is 2.39. The number of hydrogen-bond acceptors (Lipinski definition) is 4. The molecule has 0 aliphatic carbocycles. The van der Waals surface area contributed by atoms with Crippen LogP contribution in [0, 0.1) is 17.1 Å². The Hall–Kier alpha value is -2.52. The molecule has 0 radical (unpaired) electrons. The van der Waals surface area contributed by atoms with Crippen LogP contribution in [0.4, 0.5) is 10.1 Å². The minimum atomic E-state index is -0.605. The molecule has 19 heavy (non-hydrogen) atoms. The van der Waals surface area contributed by atoms with Crippen molar-refractivity contribution >= 4 is 23.2 Å². The lowest BCUT2D eigenvalue weighted by molar-refractivity contribution is 0.102. The number of rotatable bonds is 2. The Labute approximate surface area is 112 Å². The van der Waals surface area contributed by atoms with Crippen LogP contribution >= 0.6 is 11.6 Å². The number of amides is 1. The van der Waals surface area contributed by atoms with E-state index in [0.717, 1.165) is 6.07 Å². The van der Waals surface area contributed by atoms with Crippen molar-refractivity contribution in [1.29, 1.82) is 5.26 Å². The van der Waals surface area contributed by atoms with E-state index in [1.807, 2.05) is 0 Å². The molecule has 7 heteroatoms. The number of benzene rings is 1. The molecule has 1 heterocycles. The Morgan fingerprint density at radius 3 is 2.84 bits per heavy atom. The van der Waals surface area contributed by atoms with Gasteiger partial charge in [-0.3, -0.25) is 4.79 Å². The summed E-state index contributed by atoms with van der Waals surface area (Å²) in [5, 5.41) is 10.9. The molecule has 0 saturated heterocycles. The largest absolute Gasteiger partial charge is 0.321 e. The van der Waals surface area contributed by atoms with E-state index in [1.165, 1.54) is 24.3 Å². The monoisotopic (exact) mass is 276 g/mol. The van der Waals surface area contributed by atoms with Gasteiger partial charge in [-0.15, -0.1) is 0 Å². The van der Waals surface area contributed by atoms with E-state index in [2.05, 4.69) is 15.3 Å². The Kier molecular flexibility index (Phi) is 3.68. The Morgan fingerprint density at radius 1 is 1.37 bits per heavy atom. The second kappa shape index (κ2) is 5.42. The smallest absolute Gasteiger partial charge is 0.274 e. The Morgan fingerprint density at radius 2 is 2.16 bits per heavy atom. The topological polar surface area (TPSA) is 78.7 Å². The van der Waals surface area contributed by atoms with Gasteiger partial charge in [0.2, 0.25) is 5.28 Å². The van der Waals surface area contributed by atoms with E-state index in [9.17, 15) is 9.18 Å². The SMILES string of the molecule is N#Cc1cc(C(=O)Nc2cccc(F)c2)nc(Cl)n1. The number of nitrogens with one attached hydrogen (secondary N) is 1. The third kappa shape index (κ3) is 3.24. The van der Waals surface area contributed by atoms with E-state index < -0.39 is 11.7 Å². The highest BCUT2D eigenvalue weighted by Crippen LogP contribution is 2.12. The first-order valence-electron chi connectivity index (χ1n) is 5.10. The second-order valence-electron chi connectivity index (χ2n) is 3.48. The number of carbonyl (C=O) groups is 1. The summed E-state index contributed by atoms with van der Waals surface area (Å²) in [7, 11) is 0. The number of nitrogens with zero attached hydrogens (tertiary/aromatic N) is 3. The van der Waals surface area contributed by atoms with Crippen molar-refractivity contribution in [2.24, 2.45) is 0 Å². The van der Waals surface area contributed by atoms with Gasteiger partial charge in [0.25, 0.3) is 5.91 Å². The highest BCUT2D eigenvalue weighted by molar-refractivity contribution is 6.28. The normalized spacial score (nSPS) is 9.74. The van der Waals surface area contributed by atoms with Crippen molar-refractivity contribution in [3.63, 3.8) is 0 Å². The van der Waals surface area contributed by atoms with E-state index in [1.54, 1.807) is 6.07 Å². The van der Waals surface area contributed by atoms with Crippen molar-refractivity contribution in [3.05, 3.63) is 52.8 Å². The van der Waals surface area contributed by atoms with Crippen LogP contribution in [0.3, 0.4) is 0 Å². The lowest BCUT2D eigenvalue weighted by Crippen LogP contribution is -2.14. The van der Waals surface area contributed by atoms with Crippen LogP contribution in [0.25, 0.3) is 0 Å². The molecule has 2 aromatic rings. The predicted molar refractivity (Wildman–Crippen MR) is 66.1 cm³/mol. The maximum absolute atomic E-state index is 13.0. The molecule has 94 valence electrons. The zero-order valence-electron chi connectivity index (χ0n) is 9.39. The summed E-state index contributed by atoms with van der Waals surface area (Å²) in [4.78, 5) is 19.2. The molecule has 1 aromatic carbocycles. The zero-order valence-corrected chi connectivity index (χ0v) is 10.1. The number of aromatic nitrogens is 2. The van der Waals surface area contributed by atoms with Gasteiger partial charge in [-0.25, -0.2) is 14.4 Å². The molecule has 0 saturated carbocycles. The van der Waals surface area contributed by atoms with Gasteiger partial charge >= 0.3 is 0 Å². The van der Waals surface area contributed by atoms with Crippen molar-refractivity contribution in [2.45, 2.75) is 0 Å². The van der Waals surface area contributed by atoms with Crippen LogP contribution in [-0.4, -0.2) is 15.9 Å². The lowest BCUT2D eigenvalue weighted by atomic mass is 10.3. The van der Waals surface area contributed by atoms with Gasteiger partial charge in [0.1, 0.15) is 23.3 Å². The fraction of sp³-hybridized carbons (Fsp3) is 0. The average molecular weight is 277 g/mol. The van der Waals surface area contributed by atoms with Gasteiger partial charge in [0, 0.05) is 11.8 Å². The summed E-state index contributed by atoms with van der Waals surface area (Å²) in [5.74, 6) is -1.08. The fourth-order valence-corrected chi connectivity index (χ4v) is 1.53. The molecular formula is C12H6ClFN4O. The first-order valence-corrected chi connectivity index (χ1v) is 5.48. The highest BCUT2D eigenvalue weighted by atomic mass is 35.5. The van der Waals surface area contributed by atoms with E-state index in [0.29, 0.717) is 0 Å². The molecule has 0 aliphatic rings. The molecule has 1 aromatic heterocycles. The summed E-state index contributed by atoms with van der Waals surface area (Å²) < 4.78 is 13.0. The quantitative estimate of drug-likeness (QED) is 0.854. The van der Waals surface area contributed by atoms with Gasteiger partial charge in [-0.05, 0) is 29.8 Å². The van der Waals surface area contributed by atoms with Crippen LogP contribution in [0.15, 0.2) is 30.3 Å². The fourth-order valence-electron chi connectivity index (χ4n) is 1.35. The van der Waals surface area contributed by atoms with Crippen molar-refractivity contribution < 1.29 is 9.18 Å². The summed E-state index contributed by atoms with van der Waals surface area (Å²) in [6.45, 7) is 0. The zero-order chi connectivity index (χ0) is 13.8. The van der Waals surface area contributed by atoms with Crippen LogP contribution in [0.1, 0.15) is 16.2 Å². The maximum atomic E-state index is 13.0. The standard InChI is InChI=1S/C12H6ClFN4O/c13-12-17-9(6-15)5-10(18-12)11(19)16-8-3-1-2-7(14)4-8/h1-5H,(H,16,19). The van der Waals surface area contributed by atoms with Gasteiger partial charge in [0.05, 0.1) is 0 Å². The highest BCUT2D eigenvalue weighted by Gasteiger charge is 2.11. The first kappa shape index (κ1) is 12.9. The molecule has 0 aliphatic heterocycles. The summed E-state index contributed by atoms with van der Waals surface area (Å²) >= 11 is 5.59. The number of hydrogen-bond donors (Lipinski definition) is 1. The Balaban J connectivity index is 2.25. The molecule has 0 bridgehead atoms. The molecule has 0 spiro atoms. The van der Waals surface area contributed by atoms with Crippen LogP contribution < -0.4 is 5.32 Å². The molecule has 5 nitrogen and oxygen atoms in total. The number of anilines is 1. The summed E-state index contributed by atoms with van der Waals surface area (Å²) in [5.41, 5.74) is 0.184.